The molecule has 158 valence electrons. The summed E-state index contributed by atoms with van der Waals surface area (Å²) in [6.45, 7) is 2.71. The lowest BCUT2D eigenvalue weighted by Crippen LogP contribution is -2.26. The summed E-state index contributed by atoms with van der Waals surface area (Å²) in [4.78, 5) is 13.5. The number of carbonyl (C=O) groups is 1. The SMILES string of the molecule is C/C=C1\c2ccccc2Oc2ccccc2N1CCOc1ccc(C(=O)NO)c(F)c1. The summed E-state index contributed by atoms with van der Waals surface area (Å²) in [5.41, 5.74) is 4.00. The van der Waals surface area contributed by atoms with E-state index in [1.54, 1.807) is 0 Å². The highest BCUT2D eigenvalue weighted by Crippen LogP contribution is 2.43. The van der Waals surface area contributed by atoms with Crippen molar-refractivity contribution in [3.8, 4) is 17.2 Å². The van der Waals surface area contributed by atoms with Gasteiger partial charge in [-0.15, -0.1) is 0 Å². The van der Waals surface area contributed by atoms with E-state index in [2.05, 4.69) is 4.90 Å². The largest absolute Gasteiger partial charge is 0.492 e. The fraction of sp³-hybridized carbons (Fsp3) is 0.125. The van der Waals surface area contributed by atoms with Gasteiger partial charge in [0.15, 0.2) is 5.75 Å². The fourth-order valence-corrected chi connectivity index (χ4v) is 3.56. The molecule has 0 bridgehead atoms. The Bertz CT molecular complexity index is 1150. The maximum Gasteiger partial charge on any atom is 0.277 e. The number of nitrogens with one attached hydrogen (secondary N) is 1. The standard InChI is InChI=1S/C24H21FN2O4/c1-2-20-18-7-3-5-9-22(18)31-23-10-6-4-8-21(23)27(20)13-14-30-16-11-12-17(19(25)15-16)24(28)26-29/h2-12,15,29H,13-14H2,1H3,(H,26,28)/b20-2+. The maximum atomic E-state index is 14.1. The summed E-state index contributed by atoms with van der Waals surface area (Å²) in [5, 5.41) is 8.67. The summed E-state index contributed by atoms with van der Waals surface area (Å²) >= 11 is 0. The van der Waals surface area contributed by atoms with Crippen LogP contribution < -0.4 is 19.9 Å². The highest BCUT2D eigenvalue weighted by Gasteiger charge is 2.24. The first kappa shape index (κ1) is 20.4. The van der Waals surface area contributed by atoms with Crippen molar-refractivity contribution in [1.82, 2.24) is 5.48 Å². The second-order valence-corrected chi connectivity index (χ2v) is 6.82. The third-order valence-corrected chi connectivity index (χ3v) is 4.97. The molecule has 3 aromatic rings. The predicted molar refractivity (Wildman–Crippen MR) is 115 cm³/mol. The predicted octanol–water partition coefficient (Wildman–Crippen LogP) is 5.00. The Morgan fingerprint density at radius 1 is 1.13 bits per heavy atom. The summed E-state index contributed by atoms with van der Waals surface area (Å²) in [5.74, 6) is 0.0968. The molecule has 0 spiro atoms. The first-order chi connectivity index (χ1) is 15.1. The number of para-hydroxylation sites is 3. The zero-order valence-electron chi connectivity index (χ0n) is 16.8. The Morgan fingerprint density at radius 3 is 2.61 bits per heavy atom. The number of rotatable bonds is 5. The third kappa shape index (κ3) is 4.08. The molecule has 1 amide bonds. The van der Waals surface area contributed by atoms with Crippen LogP contribution in [-0.2, 0) is 0 Å². The van der Waals surface area contributed by atoms with Gasteiger partial charge in [-0.1, -0.05) is 30.3 Å². The van der Waals surface area contributed by atoms with Gasteiger partial charge in [-0.25, -0.2) is 9.87 Å². The molecule has 31 heavy (non-hydrogen) atoms. The number of allylic oxidation sites excluding steroid dienone is 1. The van der Waals surface area contributed by atoms with Crippen LogP contribution >= 0.6 is 0 Å². The number of halogens is 1. The second kappa shape index (κ2) is 8.89. The molecule has 0 fully saturated rings. The number of benzene rings is 3. The number of ether oxygens (including phenoxy) is 2. The Labute approximate surface area is 179 Å². The monoisotopic (exact) mass is 420 g/mol. The second-order valence-electron chi connectivity index (χ2n) is 6.82. The number of hydrogen-bond acceptors (Lipinski definition) is 5. The van der Waals surface area contributed by atoms with Gasteiger partial charge in [-0.05, 0) is 43.3 Å². The van der Waals surface area contributed by atoms with E-state index in [1.165, 1.54) is 17.6 Å². The van der Waals surface area contributed by atoms with Gasteiger partial charge in [-0.2, -0.15) is 0 Å². The Balaban J connectivity index is 1.57. The van der Waals surface area contributed by atoms with Crippen LogP contribution in [-0.4, -0.2) is 24.3 Å². The summed E-state index contributed by atoms with van der Waals surface area (Å²) in [7, 11) is 0. The minimum absolute atomic E-state index is 0.263. The number of hydrogen-bond donors (Lipinski definition) is 2. The fourth-order valence-electron chi connectivity index (χ4n) is 3.56. The smallest absolute Gasteiger partial charge is 0.277 e. The Morgan fingerprint density at radius 2 is 1.87 bits per heavy atom. The van der Waals surface area contributed by atoms with Crippen LogP contribution in [0.5, 0.6) is 17.2 Å². The van der Waals surface area contributed by atoms with Gasteiger partial charge in [0.05, 0.1) is 17.8 Å². The first-order valence-corrected chi connectivity index (χ1v) is 9.79. The van der Waals surface area contributed by atoms with Crippen LogP contribution in [0.25, 0.3) is 5.70 Å². The van der Waals surface area contributed by atoms with Crippen molar-refractivity contribution in [2.75, 3.05) is 18.1 Å². The van der Waals surface area contributed by atoms with Crippen LogP contribution in [0.15, 0.2) is 72.8 Å². The van der Waals surface area contributed by atoms with Crippen molar-refractivity contribution in [2.45, 2.75) is 6.92 Å². The van der Waals surface area contributed by atoms with Crippen molar-refractivity contribution in [2.24, 2.45) is 0 Å². The molecule has 2 N–H and O–H groups in total. The summed E-state index contributed by atoms with van der Waals surface area (Å²) in [6.07, 6.45) is 2.02. The van der Waals surface area contributed by atoms with Crippen molar-refractivity contribution in [3.05, 3.63) is 89.8 Å². The van der Waals surface area contributed by atoms with Crippen molar-refractivity contribution in [1.29, 1.82) is 0 Å². The zero-order valence-corrected chi connectivity index (χ0v) is 16.8. The lowest BCUT2D eigenvalue weighted by atomic mass is 10.1. The lowest BCUT2D eigenvalue weighted by molar-refractivity contribution is 0.0701. The molecule has 4 rings (SSSR count). The number of fused-ring (bicyclic) bond motifs is 2. The van der Waals surface area contributed by atoms with Gasteiger partial charge in [0.25, 0.3) is 5.91 Å². The summed E-state index contributed by atoms with van der Waals surface area (Å²) in [6, 6.07) is 19.5. The van der Waals surface area contributed by atoms with E-state index >= 15 is 0 Å². The molecular formula is C24H21FN2O4. The Hall–Kier alpha value is -3.84. The van der Waals surface area contributed by atoms with E-state index in [0.717, 1.165) is 34.5 Å². The molecule has 1 heterocycles. The topological polar surface area (TPSA) is 71.0 Å². The quantitative estimate of drug-likeness (QED) is 0.449. The van der Waals surface area contributed by atoms with Crippen LogP contribution in [0.3, 0.4) is 0 Å². The number of amides is 1. The van der Waals surface area contributed by atoms with Crippen LogP contribution in [0.2, 0.25) is 0 Å². The molecule has 1 aliphatic heterocycles. The highest BCUT2D eigenvalue weighted by molar-refractivity contribution is 5.93. The molecule has 6 nitrogen and oxygen atoms in total. The molecule has 0 unspecified atom stereocenters. The Kier molecular flexibility index (Phi) is 5.86. The molecule has 0 radical (unpaired) electrons. The van der Waals surface area contributed by atoms with Gasteiger partial charge in [0.2, 0.25) is 0 Å². The van der Waals surface area contributed by atoms with Crippen molar-refractivity contribution >= 4 is 17.3 Å². The number of anilines is 1. The molecular weight excluding hydrogens is 399 g/mol. The van der Waals surface area contributed by atoms with E-state index in [4.69, 9.17) is 14.7 Å². The molecule has 0 atom stereocenters. The zero-order chi connectivity index (χ0) is 21.8. The molecule has 7 heteroatoms. The van der Waals surface area contributed by atoms with E-state index in [0.29, 0.717) is 6.54 Å². The molecule has 0 saturated carbocycles. The molecule has 3 aromatic carbocycles. The van der Waals surface area contributed by atoms with Crippen molar-refractivity contribution < 1.29 is 23.9 Å². The van der Waals surface area contributed by atoms with E-state index in [1.807, 2.05) is 61.5 Å². The first-order valence-electron chi connectivity index (χ1n) is 9.79. The molecule has 1 aliphatic rings. The van der Waals surface area contributed by atoms with Crippen LogP contribution in [0.4, 0.5) is 10.1 Å². The van der Waals surface area contributed by atoms with Gasteiger partial charge in [0.1, 0.15) is 23.9 Å². The van der Waals surface area contributed by atoms with Crippen LogP contribution in [0.1, 0.15) is 22.8 Å². The van der Waals surface area contributed by atoms with E-state index < -0.39 is 11.7 Å². The van der Waals surface area contributed by atoms with Gasteiger partial charge in [0, 0.05) is 17.3 Å². The van der Waals surface area contributed by atoms with Gasteiger partial charge >= 0.3 is 0 Å². The number of nitrogens with zero attached hydrogens (tertiary/aromatic N) is 1. The average Bonchev–Trinajstić information content (AvgIpc) is 2.92. The number of hydroxylamine groups is 1. The lowest BCUT2D eigenvalue weighted by Gasteiger charge is -2.26. The van der Waals surface area contributed by atoms with Gasteiger partial charge in [-0.3, -0.25) is 10.0 Å². The molecule has 0 aromatic heterocycles. The minimum atomic E-state index is -0.915. The van der Waals surface area contributed by atoms with Crippen molar-refractivity contribution in [3.63, 3.8) is 0 Å². The van der Waals surface area contributed by atoms with Gasteiger partial charge < -0.3 is 14.4 Å². The van der Waals surface area contributed by atoms with Crippen LogP contribution in [0, 0.1) is 5.82 Å². The molecule has 0 aliphatic carbocycles. The van der Waals surface area contributed by atoms with E-state index in [9.17, 15) is 9.18 Å². The molecule has 0 saturated heterocycles. The minimum Gasteiger partial charge on any atom is -0.492 e. The van der Waals surface area contributed by atoms with E-state index in [-0.39, 0.29) is 17.9 Å². The third-order valence-electron chi connectivity index (χ3n) is 4.97. The number of carbonyl (C=O) groups excluding carboxylic acids is 1. The average molecular weight is 420 g/mol. The maximum absolute atomic E-state index is 14.1. The summed E-state index contributed by atoms with van der Waals surface area (Å²) < 4.78 is 26.0. The normalized spacial score (nSPS) is 13.6. The highest BCUT2D eigenvalue weighted by atomic mass is 19.1.